The van der Waals surface area contributed by atoms with Crippen LogP contribution in [0.4, 0.5) is 5.69 Å². The third kappa shape index (κ3) is 2.26. The first-order valence-electron chi connectivity index (χ1n) is 6.68. The van der Waals surface area contributed by atoms with E-state index in [-0.39, 0.29) is 5.78 Å². The predicted octanol–water partition coefficient (Wildman–Crippen LogP) is 2.58. The molecule has 0 spiro atoms. The molecule has 1 N–H and O–H groups in total. The van der Waals surface area contributed by atoms with Crippen molar-refractivity contribution in [2.45, 2.75) is 32.1 Å². The van der Waals surface area contributed by atoms with Crippen molar-refractivity contribution in [2.24, 2.45) is 0 Å². The average Bonchev–Trinajstić information content (AvgIpc) is 2.39. The molecule has 3 heteroatoms. The number of nitrogens with one attached hydrogen (secondary N) is 1. The molecule has 3 rings (SSSR count). The van der Waals surface area contributed by atoms with Crippen molar-refractivity contribution in [3.05, 3.63) is 41.6 Å². The van der Waals surface area contributed by atoms with E-state index >= 15 is 0 Å². The molecule has 0 saturated carbocycles. The number of fused-ring (bicyclic) bond motifs is 1. The summed E-state index contributed by atoms with van der Waals surface area (Å²) in [5.41, 5.74) is 7.12. The summed E-state index contributed by atoms with van der Waals surface area (Å²) >= 11 is 0. The second-order valence-corrected chi connectivity index (χ2v) is 4.99. The van der Waals surface area contributed by atoms with Crippen LogP contribution in [-0.2, 0) is 11.2 Å². The summed E-state index contributed by atoms with van der Waals surface area (Å²) in [5.74, 6) is 0.244. The molecular weight excluding hydrogens is 224 g/mol. The van der Waals surface area contributed by atoms with E-state index in [0.29, 0.717) is 6.42 Å². The first-order valence-corrected chi connectivity index (χ1v) is 6.68. The topological polar surface area (TPSA) is 32.3 Å². The number of anilines is 1. The van der Waals surface area contributed by atoms with Gasteiger partial charge in [0.15, 0.2) is 5.78 Å². The van der Waals surface area contributed by atoms with Crippen molar-refractivity contribution >= 4 is 11.5 Å². The van der Waals surface area contributed by atoms with Gasteiger partial charge in [-0.3, -0.25) is 9.80 Å². The number of benzene rings is 1. The molecular formula is C15H18N2O. The lowest BCUT2D eigenvalue weighted by atomic mass is 10.0. The average molecular weight is 242 g/mol. The minimum absolute atomic E-state index is 0.244. The van der Waals surface area contributed by atoms with E-state index in [9.17, 15) is 4.79 Å². The van der Waals surface area contributed by atoms with Crippen molar-refractivity contribution in [3.63, 3.8) is 0 Å². The van der Waals surface area contributed by atoms with Crippen molar-refractivity contribution < 1.29 is 4.79 Å². The normalized spacial score (nSPS) is 19.2. The lowest BCUT2D eigenvalue weighted by Crippen LogP contribution is -2.41. The molecule has 1 aliphatic carbocycles. The monoisotopic (exact) mass is 242 g/mol. The molecule has 0 bridgehead atoms. The molecule has 2 aliphatic rings. The number of ketones is 1. The number of hydrazine groups is 1. The Morgan fingerprint density at radius 1 is 1.06 bits per heavy atom. The zero-order valence-electron chi connectivity index (χ0n) is 10.5. The molecule has 0 amide bonds. The quantitative estimate of drug-likeness (QED) is 0.865. The van der Waals surface area contributed by atoms with E-state index in [0.717, 1.165) is 37.9 Å². The second-order valence-electron chi connectivity index (χ2n) is 4.99. The maximum absolute atomic E-state index is 11.4. The van der Waals surface area contributed by atoms with E-state index < -0.39 is 0 Å². The fraction of sp³-hybridized carbons (Fsp3) is 0.400. The van der Waals surface area contributed by atoms with Crippen molar-refractivity contribution in [1.82, 2.24) is 5.43 Å². The lowest BCUT2D eigenvalue weighted by Gasteiger charge is -2.33. The largest absolute Gasteiger partial charge is 0.302 e. The van der Waals surface area contributed by atoms with Crippen LogP contribution in [0.15, 0.2) is 36.0 Å². The van der Waals surface area contributed by atoms with Crippen LogP contribution < -0.4 is 10.4 Å². The Morgan fingerprint density at radius 3 is 2.83 bits per heavy atom. The van der Waals surface area contributed by atoms with Gasteiger partial charge in [0, 0.05) is 24.7 Å². The van der Waals surface area contributed by atoms with Gasteiger partial charge in [-0.15, -0.1) is 0 Å². The molecule has 0 unspecified atom stereocenters. The number of hydrogen-bond acceptors (Lipinski definition) is 3. The minimum Gasteiger partial charge on any atom is -0.302 e. The molecule has 1 aliphatic heterocycles. The smallest absolute Gasteiger partial charge is 0.157 e. The first-order chi connectivity index (χ1) is 8.83. The van der Waals surface area contributed by atoms with Crippen LogP contribution in [0, 0.1) is 0 Å². The van der Waals surface area contributed by atoms with Crippen molar-refractivity contribution in [2.75, 3.05) is 11.6 Å². The number of nitrogens with zero attached hydrogens (tertiary/aromatic N) is 1. The standard InChI is InChI=1S/C15H18N2O/c18-14-8-3-7-13(11-14)16-17-10-4-6-12-5-1-2-9-15(12)17/h1-2,5,9,11,16H,3-4,6-8,10H2. The number of para-hydroxylation sites is 1. The maximum atomic E-state index is 11.4. The first kappa shape index (κ1) is 11.3. The van der Waals surface area contributed by atoms with Gasteiger partial charge in [-0.2, -0.15) is 0 Å². The van der Waals surface area contributed by atoms with E-state index in [1.807, 2.05) is 0 Å². The van der Waals surface area contributed by atoms with Crippen LogP contribution in [0.25, 0.3) is 0 Å². The molecule has 1 heterocycles. The Bertz CT molecular complexity index is 493. The summed E-state index contributed by atoms with van der Waals surface area (Å²) in [6, 6.07) is 8.49. The Hall–Kier alpha value is -1.77. The molecule has 0 radical (unpaired) electrons. The summed E-state index contributed by atoms with van der Waals surface area (Å²) in [7, 11) is 0. The third-order valence-electron chi connectivity index (χ3n) is 3.59. The minimum atomic E-state index is 0.244. The van der Waals surface area contributed by atoms with Crippen molar-refractivity contribution in [1.29, 1.82) is 0 Å². The Morgan fingerprint density at radius 2 is 1.94 bits per heavy atom. The van der Waals surface area contributed by atoms with E-state index in [1.54, 1.807) is 6.08 Å². The lowest BCUT2D eigenvalue weighted by molar-refractivity contribution is -0.115. The van der Waals surface area contributed by atoms with Gasteiger partial charge in [-0.1, -0.05) is 18.2 Å². The van der Waals surface area contributed by atoms with Gasteiger partial charge in [0.2, 0.25) is 0 Å². The second kappa shape index (κ2) is 4.84. The predicted molar refractivity (Wildman–Crippen MR) is 72.2 cm³/mol. The van der Waals surface area contributed by atoms with Crippen molar-refractivity contribution in [3.8, 4) is 0 Å². The van der Waals surface area contributed by atoms with E-state index in [1.165, 1.54) is 11.3 Å². The highest BCUT2D eigenvalue weighted by Crippen LogP contribution is 2.26. The van der Waals surface area contributed by atoms with Crippen LogP contribution in [0.3, 0.4) is 0 Å². The molecule has 1 aromatic rings. The van der Waals surface area contributed by atoms with Crippen LogP contribution in [0.5, 0.6) is 0 Å². The number of carbonyl (C=O) groups is 1. The van der Waals surface area contributed by atoms with Crippen LogP contribution in [-0.4, -0.2) is 12.3 Å². The van der Waals surface area contributed by atoms with E-state index in [2.05, 4.69) is 34.7 Å². The van der Waals surface area contributed by atoms with Gasteiger partial charge in [0.25, 0.3) is 0 Å². The number of carbonyl (C=O) groups excluding carboxylic acids is 1. The molecule has 0 aromatic heterocycles. The number of hydrogen-bond donors (Lipinski definition) is 1. The van der Waals surface area contributed by atoms with Crippen LogP contribution in [0.2, 0.25) is 0 Å². The molecule has 0 atom stereocenters. The van der Waals surface area contributed by atoms with Gasteiger partial charge in [0.05, 0.1) is 5.69 Å². The molecule has 1 aromatic carbocycles. The summed E-state index contributed by atoms with van der Waals surface area (Å²) in [4.78, 5) is 11.4. The van der Waals surface area contributed by atoms with Crippen LogP contribution >= 0.6 is 0 Å². The fourth-order valence-corrected chi connectivity index (χ4v) is 2.70. The summed E-state index contributed by atoms with van der Waals surface area (Å²) < 4.78 is 0. The Kier molecular flexibility index (Phi) is 3.05. The molecule has 18 heavy (non-hydrogen) atoms. The fourth-order valence-electron chi connectivity index (χ4n) is 2.70. The van der Waals surface area contributed by atoms with Gasteiger partial charge in [0.1, 0.15) is 0 Å². The van der Waals surface area contributed by atoms with Gasteiger partial charge in [-0.25, -0.2) is 0 Å². The molecule has 3 nitrogen and oxygen atoms in total. The maximum Gasteiger partial charge on any atom is 0.157 e. The van der Waals surface area contributed by atoms with Gasteiger partial charge < -0.3 is 5.43 Å². The van der Waals surface area contributed by atoms with Crippen LogP contribution in [0.1, 0.15) is 31.2 Å². The van der Waals surface area contributed by atoms with Gasteiger partial charge in [-0.05, 0) is 37.3 Å². The Labute approximate surface area is 107 Å². The number of allylic oxidation sites excluding steroid dienone is 2. The highest BCUT2D eigenvalue weighted by atomic mass is 16.1. The summed E-state index contributed by atoms with van der Waals surface area (Å²) in [6.07, 6.45) is 6.71. The number of aryl methyl sites for hydroxylation is 1. The molecule has 0 saturated heterocycles. The summed E-state index contributed by atoms with van der Waals surface area (Å²) in [5, 5.41) is 2.18. The molecule has 94 valence electrons. The summed E-state index contributed by atoms with van der Waals surface area (Å²) in [6.45, 7) is 1.00. The Balaban J connectivity index is 1.80. The zero-order valence-corrected chi connectivity index (χ0v) is 10.5. The highest BCUT2D eigenvalue weighted by Gasteiger charge is 2.18. The van der Waals surface area contributed by atoms with E-state index in [4.69, 9.17) is 0 Å². The third-order valence-corrected chi connectivity index (χ3v) is 3.59. The zero-order chi connectivity index (χ0) is 12.4. The number of rotatable bonds is 2. The van der Waals surface area contributed by atoms with Gasteiger partial charge >= 0.3 is 0 Å². The SMILES string of the molecule is O=C1C=C(NN2CCCc3ccccc32)CCC1. The molecule has 0 fully saturated rings. The highest BCUT2D eigenvalue weighted by molar-refractivity contribution is 5.91.